The molecule has 9 nitrogen and oxygen atoms in total. The Balaban J connectivity index is 1.49. The Labute approximate surface area is 186 Å². The fourth-order valence-electron chi connectivity index (χ4n) is 3.19. The molecule has 1 saturated heterocycles. The highest BCUT2D eigenvalue weighted by molar-refractivity contribution is 8.22. The number of rotatable bonds is 7. The van der Waals surface area contributed by atoms with Crippen LogP contribution in [-0.4, -0.2) is 42.6 Å². The molecule has 1 atom stereocenters. The highest BCUT2D eigenvalue weighted by Gasteiger charge is 2.52. The topological polar surface area (TPSA) is 108 Å². The summed E-state index contributed by atoms with van der Waals surface area (Å²) in [6.45, 7) is 1.93. The molecule has 0 spiro atoms. The van der Waals surface area contributed by atoms with Gasteiger partial charge in [0, 0.05) is 30.9 Å². The Hall–Kier alpha value is -3.05. The van der Waals surface area contributed by atoms with Crippen molar-refractivity contribution in [3.63, 3.8) is 0 Å². The number of nitro benzene ring substituents is 1. The number of nitro groups is 1. The molecule has 0 radical (unpaired) electrons. The molecule has 11 heteroatoms. The van der Waals surface area contributed by atoms with Crippen molar-refractivity contribution in [2.24, 2.45) is 7.05 Å². The lowest BCUT2D eigenvalue weighted by molar-refractivity contribution is -0.384. The normalized spacial score (nSPS) is 18.9. The van der Waals surface area contributed by atoms with Gasteiger partial charge < -0.3 is 4.74 Å². The summed E-state index contributed by atoms with van der Waals surface area (Å²) >= 11 is 2.96. The van der Waals surface area contributed by atoms with Gasteiger partial charge in [0.1, 0.15) is 12.0 Å². The van der Waals surface area contributed by atoms with Crippen LogP contribution in [0.15, 0.2) is 52.2 Å². The summed E-state index contributed by atoms with van der Waals surface area (Å²) < 4.78 is 7.84. The Kier molecular flexibility index (Phi) is 5.88. The lowest BCUT2D eigenvalue weighted by Crippen LogP contribution is -2.51. The molecule has 160 valence electrons. The van der Waals surface area contributed by atoms with Crippen LogP contribution in [0, 0.1) is 10.1 Å². The predicted molar refractivity (Wildman–Crippen MR) is 117 cm³/mol. The molecule has 2 aliphatic heterocycles. The van der Waals surface area contributed by atoms with E-state index in [4.69, 9.17) is 4.74 Å². The molecule has 1 amide bonds. The third-order valence-corrected chi connectivity index (χ3v) is 7.13. The zero-order chi connectivity index (χ0) is 22.1. The first-order chi connectivity index (χ1) is 14.9. The average molecular weight is 459 g/mol. The third-order valence-electron chi connectivity index (χ3n) is 4.65. The number of carbonyl (C=O) groups is 2. The lowest BCUT2D eigenvalue weighted by Gasteiger charge is -2.37. The van der Waals surface area contributed by atoms with E-state index in [2.05, 4.69) is 5.10 Å². The van der Waals surface area contributed by atoms with E-state index >= 15 is 0 Å². The molecule has 2 aromatic rings. The van der Waals surface area contributed by atoms with E-state index in [1.807, 2.05) is 13.1 Å². The van der Waals surface area contributed by atoms with Gasteiger partial charge in [0.05, 0.1) is 20.9 Å². The maximum atomic E-state index is 12.8. The summed E-state index contributed by atoms with van der Waals surface area (Å²) in [5, 5.41) is 14.6. The predicted octanol–water partition coefficient (Wildman–Crippen LogP) is 3.29. The molecule has 4 rings (SSSR count). The Morgan fingerprint density at radius 1 is 1.39 bits per heavy atom. The van der Waals surface area contributed by atoms with Crippen molar-refractivity contribution in [2.45, 2.75) is 18.9 Å². The van der Waals surface area contributed by atoms with Gasteiger partial charge in [-0.3, -0.25) is 24.5 Å². The van der Waals surface area contributed by atoms with Crippen LogP contribution in [0.2, 0.25) is 0 Å². The van der Waals surface area contributed by atoms with E-state index in [0.717, 1.165) is 15.6 Å². The first-order valence-corrected chi connectivity index (χ1v) is 11.2. The highest BCUT2D eigenvalue weighted by Crippen LogP contribution is 2.53. The number of β-lactam (4-membered cyclic amide) rings is 1. The number of carbonyl (C=O) groups excluding carboxylic acids is 2. The fraction of sp³-hybridized carbons (Fsp3) is 0.250. The number of amides is 1. The molecule has 0 N–H and O–H groups in total. The molecule has 0 bridgehead atoms. The maximum absolute atomic E-state index is 12.8. The van der Waals surface area contributed by atoms with E-state index in [0.29, 0.717) is 11.1 Å². The molecular formula is C20H18N4O5S2. The SMILES string of the molecule is CCSC1=C(C(=O)OCc2ccc([N+](=O)[O-])cc2)N2C(=O)/C(=C/c3cnn(C)c3)C2S1. The van der Waals surface area contributed by atoms with Crippen molar-refractivity contribution in [3.05, 3.63) is 73.4 Å². The van der Waals surface area contributed by atoms with Gasteiger partial charge in [-0.1, -0.05) is 18.7 Å². The van der Waals surface area contributed by atoms with Crippen molar-refractivity contribution < 1.29 is 19.2 Å². The number of aromatic nitrogens is 2. The molecule has 0 saturated carbocycles. The number of hydrogen-bond donors (Lipinski definition) is 0. The zero-order valence-electron chi connectivity index (χ0n) is 16.7. The van der Waals surface area contributed by atoms with Crippen LogP contribution in [0.25, 0.3) is 6.08 Å². The van der Waals surface area contributed by atoms with Crippen LogP contribution < -0.4 is 0 Å². The first kappa shape index (κ1) is 21.2. The van der Waals surface area contributed by atoms with Crippen LogP contribution in [0.5, 0.6) is 0 Å². The molecule has 2 aliphatic rings. The average Bonchev–Trinajstić information content (AvgIpc) is 3.32. The largest absolute Gasteiger partial charge is 0.456 e. The number of benzene rings is 1. The molecule has 31 heavy (non-hydrogen) atoms. The molecule has 1 aromatic carbocycles. The van der Waals surface area contributed by atoms with Crippen molar-refractivity contribution >= 4 is 47.2 Å². The quantitative estimate of drug-likeness (QED) is 0.204. The number of fused-ring (bicyclic) bond motifs is 1. The second kappa shape index (κ2) is 8.60. The Morgan fingerprint density at radius 2 is 2.13 bits per heavy atom. The van der Waals surface area contributed by atoms with Gasteiger partial charge >= 0.3 is 5.97 Å². The van der Waals surface area contributed by atoms with E-state index in [-0.39, 0.29) is 29.3 Å². The van der Waals surface area contributed by atoms with Crippen molar-refractivity contribution in [1.29, 1.82) is 0 Å². The number of ether oxygens (including phenoxy) is 1. The third kappa shape index (κ3) is 4.10. The standard InChI is InChI=1S/C20H18N4O5S2/c1-3-30-20-16(19(26)29-11-12-4-6-14(7-5-12)24(27)28)23-17(25)15(18(23)31-20)8-13-9-21-22(2)10-13/h4-10,18H,3,11H2,1-2H3/b15-8-. The number of non-ortho nitro benzene ring substituents is 1. The maximum Gasteiger partial charge on any atom is 0.357 e. The van der Waals surface area contributed by atoms with Gasteiger partial charge in [-0.05, 0) is 29.5 Å². The number of nitrogens with zero attached hydrogens (tertiary/aromatic N) is 4. The Morgan fingerprint density at radius 3 is 2.74 bits per heavy atom. The van der Waals surface area contributed by atoms with Gasteiger partial charge in [-0.25, -0.2) is 4.79 Å². The highest BCUT2D eigenvalue weighted by atomic mass is 32.2. The van der Waals surface area contributed by atoms with Crippen LogP contribution in [0.4, 0.5) is 5.69 Å². The minimum atomic E-state index is -0.585. The number of hydrogen-bond acceptors (Lipinski definition) is 8. The summed E-state index contributed by atoms with van der Waals surface area (Å²) in [7, 11) is 1.80. The smallest absolute Gasteiger partial charge is 0.357 e. The van der Waals surface area contributed by atoms with Gasteiger partial charge in [-0.15, -0.1) is 11.8 Å². The fourth-order valence-corrected chi connectivity index (χ4v) is 5.77. The van der Waals surface area contributed by atoms with E-state index in [1.165, 1.54) is 52.7 Å². The summed E-state index contributed by atoms with van der Waals surface area (Å²) in [5.41, 5.74) is 2.29. The van der Waals surface area contributed by atoms with Crippen LogP contribution in [0.3, 0.4) is 0 Å². The summed E-state index contributed by atoms with van der Waals surface area (Å²) in [5.74, 6) is -0.0638. The second-order valence-corrected chi connectivity index (χ2v) is 9.38. The van der Waals surface area contributed by atoms with Gasteiger partial charge in [0.15, 0.2) is 5.70 Å². The number of aryl methyl sites for hydroxylation is 1. The summed E-state index contributed by atoms with van der Waals surface area (Å²) in [6, 6.07) is 5.79. The summed E-state index contributed by atoms with van der Waals surface area (Å²) in [6.07, 6.45) is 5.29. The molecule has 1 aromatic heterocycles. The molecule has 3 heterocycles. The van der Waals surface area contributed by atoms with Gasteiger partial charge in [0.2, 0.25) is 0 Å². The van der Waals surface area contributed by atoms with Crippen LogP contribution >= 0.6 is 23.5 Å². The minimum absolute atomic E-state index is 0.0337. The van der Waals surface area contributed by atoms with Crippen LogP contribution in [0.1, 0.15) is 18.1 Å². The van der Waals surface area contributed by atoms with E-state index in [9.17, 15) is 19.7 Å². The van der Waals surface area contributed by atoms with E-state index < -0.39 is 10.9 Å². The molecule has 0 aliphatic carbocycles. The molecule has 1 fully saturated rings. The van der Waals surface area contributed by atoms with Crippen molar-refractivity contribution in [1.82, 2.24) is 14.7 Å². The van der Waals surface area contributed by atoms with Crippen molar-refractivity contribution in [2.75, 3.05) is 5.75 Å². The Bertz CT molecular complexity index is 1120. The minimum Gasteiger partial charge on any atom is -0.456 e. The monoisotopic (exact) mass is 458 g/mol. The van der Waals surface area contributed by atoms with Crippen LogP contribution in [-0.2, 0) is 28.0 Å². The number of esters is 1. The van der Waals surface area contributed by atoms with Crippen molar-refractivity contribution in [3.8, 4) is 0 Å². The zero-order valence-corrected chi connectivity index (χ0v) is 18.3. The molecule has 1 unspecified atom stereocenters. The van der Waals surface area contributed by atoms with Gasteiger partial charge in [0.25, 0.3) is 11.6 Å². The van der Waals surface area contributed by atoms with Gasteiger partial charge in [-0.2, -0.15) is 5.10 Å². The van der Waals surface area contributed by atoms with E-state index in [1.54, 1.807) is 24.0 Å². The number of thioether (sulfide) groups is 2. The molecular weight excluding hydrogens is 440 g/mol. The second-order valence-electron chi connectivity index (χ2n) is 6.76. The first-order valence-electron chi connectivity index (χ1n) is 9.37. The summed E-state index contributed by atoms with van der Waals surface area (Å²) in [4.78, 5) is 37.4. The lowest BCUT2D eigenvalue weighted by atomic mass is 10.0.